The molecule has 0 bridgehead atoms. The van der Waals surface area contributed by atoms with Crippen LogP contribution < -0.4 is 5.32 Å². The molecule has 0 aromatic heterocycles. The lowest BCUT2D eigenvalue weighted by Crippen LogP contribution is -2.42. The maximum atomic E-state index is 12.5. The molecule has 1 aromatic carbocycles. The molecule has 2 rings (SSSR count). The van der Waals surface area contributed by atoms with Gasteiger partial charge in [0.15, 0.2) is 9.84 Å². The van der Waals surface area contributed by atoms with E-state index in [0.717, 1.165) is 24.8 Å². The summed E-state index contributed by atoms with van der Waals surface area (Å²) in [6.45, 7) is 7.67. The Labute approximate surface area is 163 Å². The summed E-state index contributed by atoms with van der Waals surface area (Å²) in [5, 5.41) is 2.74. The van der Waals surface area contributed by atoms with Crippen molar-refractivity contribution in [3.63, 3.8) is 0 Å². The zero-order valence-corrected chi connectivity index (χ0v) is 17.6. The van der Waals surface area contributed by atoms with Gasteiger partial charge in [0.25, 0.3) is 0 Å². The van der Waals surface area contributed by atoms with Gasteiger partial charge in [0.05, 0.1) is 16.8 Å². The number of likely N-dealkylation sites (tertiary alicyclic amines) is 1. The highest BCUT2D eigenvalue weighted by molar-refractivity contribution is 7.91. The van der Waals surface area contributed by atoms with E-state index in [1.165, 1.54) is 0 Å². The minimum Gasteiger partial charge on any atom is -0.381 e. The van der Waals surface area contributed by atoms with Crippen molar-refractivity contribution < 1.29 is 17.9 Å². The summed E-state index contributed by atoms with van der Waals surface area (Å²) >= 11 is 0. The first-order valence-corrected chi connectivity index (χ1v) is 11.2. The first-order valence-electron chi connectivity index (χ1n) is 9.52. The Balaban J connectivity index is 1.87. The van der Waals surface area contributed by atoms with Crippen molar-refractivity contribution >= 4 is 15.9 Å². The SMILES string of the molecule is COC1CCCN(C(=O)NCCS(=O)(=O)c2ccc(C(C)(C)C)cc2)CC1. The number of nitrogens with one attached hydrogen (secondary N) is 1. The fourth-order valence-electron chi connectivity index (χ4n) is 3.19. The molecule has 1 atom stereocenters. The predicted octanol–water partition coefficient (Wildman–Crippen LogP) is 2.97. The summed E-state index contributed by atoms with van der Waals surface area (Å²) in [6, 6.07) is 6.81. The van der Waals surface area contributed by atoms with E-state index in [9.17, 15) is 13.2 Å². The summed E-state index contributed by atoms with van der Waals surface area (Å²) < 4.78 is 30.4. The minimum atomic E-state index is -3.42. The van der Waals surface area contributed by atoms with Gasteiger partial charge >= 0.3 is 6.03 Å². The van der Waals surface area contributed by atoms with Crippen molar-refractivity contribution in [1.82, 2.24) is 10.2 Å². The Kier molecular flexibility index (Phi) is 7.28. The van der Waals surface area contributed by atoms with Gasteiger partial charge in [-0.2, -0.15) is 0 Å². The molecule has 0 aliphatic carbocycles. The van der Waals surface area contributed by atoms with Crippen LogP contribution in [0, 0.1) is 0 Å². The predicted molar refractivity (Wildman–Crippen MR) is 107 cm³/mol. The minimum absolute atomic E-state index is 0.0226. The molecule has 0 radical (unpaired) electrons. The first-order chi connectivity index (χ1) is 12.6. The molecule has 27 heavy (non-hydrogen) atoms. The number of rotatable bonds is 5. The van der Waals surface area contributed by atoms with Crippen molar-refractivity contribution in [3.8, 4) is 0 Å². The fraction of sp³-hybridized carbons (Fsp3) is 0.650. The van der Waals surface area contributed by atoms with Gasteiger partial charge in [0.2, 0.25) is 0 Å². The van der Waals surface area contributed by atoms with Crippen LogP contribution in [-0.2, 0) is 20.0 Å². The largest absolute Gasteiger partial charge is 0.381 e. The van der Waals surface area contributed by atoms with Gasteiger partial charge in [-0.05, 0) is 42.4 Å². The molecular weight excluding hydrogens is 364 g/mol. The quantitative estimate of drug-likeness (QED) is 0.830. The van der Waals surface area contributed by atoms with E-state index >= 15 is 0 Å². The van der Waals surface area contributed by atoms with Gasteiger partial charge in [-0.25, -0.2) is 13.2 Å². The van der Waals surface area contributed by atoms with Gasteiger partial charge in [-0.15, -0.1) is 0 Å². The average Bonchev–Trinajstić information content (AvgIpc) is 2.86. The van der Waals surface area contributed by atoms with E-state index in [0.29, 0.717) is 18.0 Å². The molecule has 152 valence electrons. The molecule has 1 aliphatic rings. The molecule has 0 saturated carbocycles. The Hall–Kier alpha value is -1.60. The molecule has 2 amide bonds. The number of urea groups is 1. The lowest BCUT2D eigenvalue weighted by atomic mass is 9.87. The van der Waals surface area contributed by atoms with Crippen LogP contribution in [0.4, 0.5) is 4.79 Å². The van der Waals surface area contributed by atoms with Gasteiger partial charge in [-0.1, -0.05) is 32.9 Å². The highest BCUT2D eigenvalue weighted by Gasteiger charge is 2.21. The summed E-state index contributed by atoms with van der Waals surface area (Å²) in [5.74, 6) is -0.109. The second-order valence-electron chi connectivity index (χ2n) is 8.10. The van der Waals surface area contributed by atoms with Crippen molar-refractivity contribution in [2.75, 3.05) is 32.5 Å². The molecule has 0 spiro atoms. The van der Waals surface area contributed by atoms with Gasteiger partial charge < -0.3 is 15.0 Å². The van der Waals surface area contributed by atoms with E-state index in [2.05, 4.69) is 26.1 Å². The number of ether oxygens (including phenoxy) is 1. The molecule has 1 aromatic rings. The molecule has 1 N–H and O–H groups in total. The van der Waals surface area contributed by atoms with E-state index in [4.69, 9.17) is 4.74 Å². The van der Waals surface area contributed by atoms with Gasteiger partial charge in [0.1, 0.15) is 0 Å². The zero-order chi connectivity index (χ0) is 20.1. The number of nitrogens with zero attached hydrogens (tertiary/aromatic N) is 1. The van der Waals surface area contributed by atoms with Crippen LogP contribution in [-0.4, -0.2) is 57.9 Å². The third kappa shape index (κ3) is 6.21. The average molecular weight is 397 g/mol. The second-order valence-corrected chi connectivity index (χ2v) is 10.2. The highest BCUT2D eigenvalue weighted by atomic mass is 32.2. The number of benzene rings is 1. The third-order valence-corrected chi connectivity index (χ3v) is 6.75. The lowest BCUT2D eigenvalue weighted by Gasteiger charge is -2.21. The topological polar surface area (TPSA) is 75.7 Å². The summed E-state index contributed by atoms with van der Waals surface area (Å²) in [4.78, 5) is 14.3. The maximum Gasteiger partial charge on any atom is 0.317 e. The van der Waals surface area contributed by atoms with Crippen LogP contribution in [0.5, 0.6) is 0 Å². The van der Waals surface area contributed by atoms with Crippen LogP contribution >= 0.6 is 0 Å². The summed E-state index contributed by atoms with van der Waals surface area (Å²) in [5.41, 5.74) is 1.07. The molecule has 1 aliphatic heterocycles. The van der Waals surface area contributed by atoms with Crippen LogP contribution in [0.25, 0.3) is 0 Å². The van der Waals surface area contributed by atoms with Crippen LogP contribution in [0.1, 0.15) is 45.6 Å². The van der Waals surface area contributed by atoms with Crippen LogP contribution in [0.15, 0.2) is 29.2 Å². The van der Waals surface area contributed by atoms with Gasteiger partial charge in [0, 0.05) is 26.7 Å². The van der Waals surface area contributed by atoms with E-state index in [-0.39, 0.29) is 29.8 Å². The van der Waals surface area contributed by atoms with Crippen LogP contribution in [0.2, 0.25) is 0 Å². The molecule has 1 heterocycles. The standard InChI is InChI=1S/C20H32N2O4S/c1-20(2,3)16-7-9-18(10-8-16)27(24,25)15-12-21-19(23)22-13-5-6-17(26-4)11-14-22/h7-10,17H,5-6,11-15H2,1-4H3,(H,21,23). The Bertz CT molecular complexity index is 723. The van der Waals surface area contributed by atoms with E-state index < -0.39 is 9.84 Å². The number of amides is 2. The van der Waals surface area contributed by atoms with Crippen molar-refractivity contribution in [3.05, 3.63) is 29.8 Å². The molecule has 6 nitrogen and oxygen atoms in total. The van der Waals surface area contributed by atoms with Crippen molar-refractivity contribution in [1.29, 1.82) is 0 Å². The molecule has 7 heteroatoms. The Morgan fingerprint density at radius 2 is 1.85 bits per heavy atom. The number of carbonyl (C=O) groups excluding carboxylic acids is 1. The number of sulfone groups is 1. The van der Waals surface area contributed by atoms with Crippen molar-refractivity contribution in [2.24, 2.45) is 0 Å². The normalized spacial score (nSPS) is 18.8. The molecular formula is C20H32N2O4S. The highest BCUT2D eigenvalue weighted by Crippen LogP contribution is 2.23. The third-order valence-electron chi connectivity index (χ3n) is 5.02. The summed E-state index contributed by atoms with van der Waals surface area (Å²) in [7, 11) is -1.73. The van der Waals surface area contributed by atoms with Crippen LogP contribution in [0.3, 0.4) is 0 Å². The number of methoxy groups -OCH3 is 1. The number of hydrogen-bond acceptors (Lipinski definition) is 4. The smallest absolute Gasteiger partial charge is 0.317 e. The van der Waals surface area contributed by atoms with E-state index in [1.807, 2.05) is 12.1 Å². The number of carbonyl (C=O) groups is 1. The monoisotopic (exact) mass is 396 g/mol. The fourth-order valence-corrected chi connectivity index (χ4v) is 4.35. The molecule has 1 saturated heterocycles. The number of hydrogen-bond donors (Lipinski definition) is 1. The lowest BCUT2D eigenvalue weighted by molar-refractivity contribution is 0.0906. The van der Waals surface area contributed by atoms with Gasteiger partial charge in [-0.3, -0.25) is 0 Å². The summed E-state index contributed by atoms with van der Waals surface area (Å²) in [6.07, 6.45) is 2.84. The Morgan fingerprint density at radius 1 is 1.19 bits per heavy atom. The second kappa shape index (κ2) is 9.06. The first kappa shape index (κ1) is 21.7. The van der Waals surface area contributed by atoms with Crippen molar-refractivity contribution in [2.45, 2.75) is 56.4 Å². The maximum absolute atomic E-state index is 12.5. The van der Waals surface area contributed by atoms with E-state index in [1.54, 1.807) is 24.1 Å². The molecule has 1 unspecified atom stereocenters. The Morgan fingerprint density at radius 3 is 2.44 bits per heavy atom. The zero-order valence-electron chi connectivity index (χ0n) is 16.8. The molecule has 1 fully saturated rings.